The Balaban J connectivity index is 1.49. The van der Waals surface area contributed by atoms with Crippen LogP contribution < -0.4 is 16.4 Å². The van der Waals surface area contributed by atoms with Crippen molar-refractivity contribution in [1.82, 2.24) is 15.5 Å². The number of amides is 3. The Morgan fingerprint density at radius 1 is 1.15 bits per heavy atom. The van der Waals surface area contributed by atoms with Gasteiger partial charge in [-0.3, -0.25) is 19.7 Å². The van der Waals surface area contributed by atoms with Crippen LogP contribution in [0.2, 0.25) is 0 Å². The topological polar surface area (TPSA) is 105 Å². The molecule has 0 aromatic heterocycles. The molecule has 4 N–H and O–H groups in total. The highest BCUT2D eigenvalue weighted by atomic mass is 16.2. The summed E-state index contributed by atoms with van der Waals surface area (Å²) in [6.07, 6.45) is 5.17. The van der Waals surface area contributed by atoms with Crippen molar-refractivity contribution in [3.63, 3.8) is 0 Å². The Hall–Kier alpha value is -2.25. The molecule has 7 heteroatoms. The van der Waals surface area contributed by atoms with Gasteiger partial charge in [0.2, 0.25) is 11.8 Å². The fraction of sp³-hybridized carbons (Fsp3) is 0.550. The van der Waals surface area contributed by atoms with Crippen LogP contribution in [-0.4, -0.2) is 40.7 Å². The average Bonchev–Trinajstić information content (AvgIpc) is 2.98. The van der Waals surface area contributed by atoms with Crippen LogP contribution in [0.1, 0.15) is 60.0 Å². The molecule has 0 spiro atoms. The number of nitrogens with zero attached hydrogens (tertiary/aromatic N) is 1. The van der Waals surface area contributed by atoms with Crippen molar-refractivity contribution in [2.75, 3.05) is 0 Å². The van der Waals surface area contributed by atoms with Gasteiger partial charge in [-0.25, -0.2) is 0 Å². The maximum absolute atomic E-state index is 12.9. The fourth-order valence-electron chi connectivity index (χ4n) is 4.47. The first-order chi connectivity index (χ1) is 13.0. The van der Waals surface area contributed by atoms with E-state index in [-0.39, 0.29) is 30.2 Å². The Morgan fingerprint density at radius 3 is 2.74 bits per heavy atom. The van der Waals surface area contributed by atoms with Crippen molar-refractivity contribution >= 4 is 17.7 Å². The normalized spacial score (nSPS) is 28.3. The molecule has 2 aliphatic heterocycles. The molecular formula is C20H26N4O3. The zero-order valence-electron chi connectivity index (χ0n) is 15.4. The summed E-state index contributed by atoms with van der Waals surface area (Å²) in [7, 11) is 0. The first kappa shape index (κ1) is 18.1. The van der Waals surface area contributed by atoms with E-state index in [1.807, 2.05) is 18.2 Å². The van der Waals surface area contributed by atoms with E-state index in [0.717, 1.165) is 24.0 Å². The van der Waals surface area contributed by atoms with Gasteiger partial charge in [0.05, 0.1) is 0 Å². The zero-order chi connectivity index (χ0) is 19.0. The van der Waals surface area contributed by atoms with E-state index in [9.17, 15) is 14.4 Å². The number of rotatable bonds is 4. The molecule has 144 valence electrons. The highest BCUT2D eigenvalue weighted by Gasteiger charge is 2.39. The highest BCUT2D eigenvalue weighted by molar-refractivity contribution is 6.05. The number of imide groups is 1. The molecule has 1 saturated heterocycles. The molecule has 3 amide bonds. The van der Waals surface area contributed by atoms with E-state index in [1.165, 1.54) is 12.8 Å². The van der Waals surface area contributed by atoms with Crippen molar-refractivity contribution < 1.29 is 14.4 Å². The Morgan fingerprint density at radius 2 is 1.96 bits per heavy atom. The van der Waals surface area contributed by atoms with Crippen molar-refractivity contribution in [2.24, 2.45) is 5.73 Å². The standard InChI is InChI=1S/C20H26N4O3/c21-15-6-1-2-7-16(15)22-10-12-4-3-5-13-14(12)11-24(20(13)27)17-8-9-18(25)23-19(17)26/h3-5,15-17,22H,1-2,6-11,21H2,(H,23,25,26)/t15-,16+,17?/m0/s1. The summed E-state index contributed by atoms with van der Waals surface area (Å²) >= 11 is 0. The number of nitrogens with one attached hydrogen (secondary N) is 2. The number of carbonyl (C=O) groups excluding carboxylic acids is 3. The van der Waals surface area contributed by atoms with Gasteiger partial charge in [0, 0.05) is 37.2 Å². The molecule has 1 saturated carbocycles. The molecule has 27 heavy (non-hydrogen) atoms. The maximum atomic E-state index is 12.9. The van der Waals surface area contributed by atoms with Crippen LogP contribution in [0.5, 0.6) is 0 Å². The summed E-state index contributed by atoms with van der Waals surface area (Å²) in [5.74, 6) is -0.773. The smallest absolute Gasteiger partial charge is 0.255 e. The van der Waals surface area contributed by atoms with Crippen LogP contribution in [-0.2, 0) is 22.7 Å². The molecule has 1 aliphatic carbocycles. The van der Waals surface area contributed by atoms with Crippen LogP contribution in [0.4, 0.5) is 0 Å². The minimum absolute atomic E-state index is 0.129. The van der Waals surface area contributed by atoms with E-state index in [2.05, 4.69) is 10.6 Å². The molecule has 4 rings (SSSR count). The molecule has 1 aromatic carbocycles. The summed E-state index contributed by atoms with van der Waals surface area (Å²) in [6.45, 7) is 1.08. The number of fused-ring (bicyclic) bond motifs is 1. The van der Waals surface area contributed by atoms with Crippen molar-refractivity contribution in [3.8, 4) is 0 Å². The lowest BCUT2D eigenvalue weighted by Crippen LogP contribution is -2.52. The average molecular weight is 370 g/mol. The van der Waals surface area contributed by atoms with Gasteiger partial charge in [-0.15, -0.1) is 0 Å². The highest BCUT2D eigenvalue weighted by Crippen LogP contribution is 2.30. The quantitative estimate of drug-likeness (QED) is 0.680. The summed E-state index contributed by atoms with van der Waals surface area (Å²) in [6, 6.07) is 5.65. The number of nitrogens with two attached hydrogens (primary N) is 1. The van der Waals surface area contributed by atoms with Gasteiger partial charge < -0.3 is 16.0 Å². The van der Waals surface area contributed by atoms with E-state index >= 15 is 0 Å². The van der Waals surface area contributed by atoms with Crippen LogP contribution in [0.3, 0.4) is 0 Å². The Bertz CT molecular complexity index is 778. The summed E-state index contributed by atoms with van der Waals surface area (Å²) < 4.78 is 0. The van der Waals surface area contributed by atoms with Gasteiger partial charge >= 0.3 is 0 Å². The largest absolute Gasteiger partial charge is 0.326 e. The molecule has 7 nitrogen and oxygen atoms in total. The van der Waals surface area contributed by atoms with E-state index in [1.54, 1.807) is 4.90 Å². The van der Waals surface area contributed by atoms with E-state index in [0.29, 0.717) is 31.1 Å². The SMILES string of the molecule is N[C@H]1CCCC[C@H]1NCc1cccc2c1CN(C1CCC(=O)NC1=O)C2=O. The summed E-state index contributed by atoms with van der Waals surface area (Å²) in [4.78, 5) is 38.0. The fourth-order valence-corrected chi connectivity index (χ4v) is 4.47. The Labute approximate surface area is 158 Å². The van der Waals surface area contributed by atoms with Gasteiger partial charge in [0.15, 0.2) is 0 Å². The van der Waals surface area contributed by atoms with Crippen molar-refractivity contribution in [1.29, 1.82) is 0 Å². The third-order valence-corrected chi connectivity index (χ3v) is 6.05. The lowest BCUT2D eigenvalue weighted by molar-refractivity contribution is -0.136. The third kappa shape index (κ3) is 3.49. The van der Waals surface area contributed by atoms with E-state index < -0.39 is 6.04 Å². The minimum atomic E-state index is -0.574. The first-order valence-electron chi connectivity index (χ1n) is 9.79. The third-order valence-electron chi connectivity index (χ3n) is 6.05. The molecule has 1 aromatic rings. The van der Waals surface area contributed by atoms with Crippen LogP contribution >= 0.6 is 0 Å². The molecule has 1 unspecified atom stereocenters. The van der Waals surface area contributed by atoms with Gasteiger partial charge in [0.25, 0.3) is 5.91 Å². The number of hydrogen-bond acceptors (Lipinski definition) is 5. The second-order valence-corrected chi connectivity index (χ2v) is 7.78. The number of benzene rings is 1. The second kappa shape index (κ2) is 7.40. The lowest BCUT2D eigenvalue weighted by Gasteiger charge is -2.30. The van der Waals surface area contributed by atoms with Gasteiger partial charge in [-0.1, -0.05) is 25.0 Å². The van der Waals surface area contributed by atoms with Crippen molar-refractivity contribution in [3.05, 3.63) is 34.9 Å². The molecule has 2 heterocycles. The predicted molar refractivity (Wildman–Crippen MR) is 99.6 cm³/mol. The molecular weight excluding hydrogens is 344 g/mol. The predicted octanol–water partition coefficient (Wildman–Crippen LogP) is 0.807. The summed E-state index contributed by atoms with van der Waals surface area (Å²) in [5, 5.41) is 5.91. The van der Waals surface area contributed by atoms with E-state index in [4.69, 9.17) is 5.73 Å². The van der Waals surface area contributed by atoms with Gasteiger partial charge in [-0.2, -0.15) is 0 Å². The van der Waals surface area contributed by atoms with Crippen LogP contribution in [0.25, 0.3) is 0 Å². The minimum Gasteiger partial charge on any atom is -0.326 e. The van der Waals surface area contributed by atoms with Crippen LogP contribution in [0, 0.1) is 0 Å². The monoisotopic (exact) mass is 370 g/mol. The molecule has 0 bridgehead atoms. The molecule has 0 radical (unpaired) electrons. The van der Waals surface area contributed by atoms with Gasteiger partial charge in [0.1, 0.15) is 6.04 Å². The van der Waals surface area contributed by atoms with Crippen molar-refractivity contribution in [2.45, 2.75) is 69.7 Å². The van der Waals surface area contributed by atoms with Gasteiger partial charge in [-0.05, 0) is 36.5 Å². The molecule has 2 fully saturated rings. The second-order valence-electron chi connectivity index (χ2n) is 7.78. The maximum Gasteiger partial charge on any atom is 0.255 e. The number of hydrogen-bond donors (Lipinski definition) is 3. The number of piperidine rings is 1. The lowest BCUT2D eigenvalue weighted by atomic mass is 9.90. The number of carbonyl (C=O) groups is 3. The summed E-state index contributed by atoms with van der Waals surface area (Å²) in [5.41, 5.74) is 8.94. The molecule has 3 aliphatic rings. The Kier molecular flexibility index (Phi) is 4.97. The van der Waals surface area contributed by atoms with Crippen LogP contribution in [0.15, 0.2) is 18.2 Å². The zero-order valence-corrected chi connectivity index (χ0v) is 15.4. The first-order valence-corrected chi connectivity index (χ1v) is 9.79. The molecule has 3 atom stereocenters.